The van der Waals surface area contributed by atoms with Crippen LogP contribution >= 0.6 is 0 Å². The zero-order chi connectivity index (χ0) is 12.3. The van der Waals surface area contributed by atoms with Gasteiger partial charge in [0.15, 0.2) is 0 Å². The monoisotopic (exact) mass is 236 g/mol. The lowest BCUT2D eigenvalue weighted by molar-refractivity contribution is 0.248. The third kappa shape index (κ3) is 3.19. The van der Waals surface area contributed by atoms with Crippen LogP contribution in [0.25, 0.3) is 0 Å². The fourth-order valence-electron chi connectivity index (χ4n) is 2.09. The van der Waals surface area contributed by atoms with Gasteiger partial charge in [-0.2, -0.15) is 0 Å². The third-order valence-electron chi connectivity index (χ3n) is 3.12. The number of amides is 2. The van der Waals surface area contributed by atoms with Crippen LogP contribution in [0.3, 0.4) is 0 Å². The maximum Gasteiger partial charge on any atom is 0.319 e. The maximum absolute atomic E-state index is 13.3. The van der Waals surface area contributed by atoms with Crippen molar-refractivity contribution in [2.45, 2.75) is 38.6 Å². The molecule has 2 rings (SSSR count). The number of anilines is 1. The second-order valence-electron chi connectivity index (χ2n) is 4.54. The van der Waals surface area contributed by atoms with E-state index in [9.17, 15) is 9.18 Å². The Kier molecular flexibility index (Phi) is 3.61. The first-order valence-corrected chi connectivity index (χ1v) is 5.99. The number of carbonyl (C=O) groups excluding carboxylic acids is 1. The van der Waals surface area contributed by atoms with Crippen molar-refractivity contribution in [1.82, 2.24) is 5.32 Å². The van der Waals surface area contributed by atoms with Gasteiger partial charge in [0.05, 0.1) is 0 Å². The third-order valence-corrected chi connectivity index (χ3v) is 3.12. The van der Waals surface area contributed by atoms with Gasteiger partial charge in [0, 0.05) is 11.7 Å². The van der Waals surface area contributed by atoms with Crippen LogP contribution in [0.5, 0.6) is 0 Å². The molecule has 2 N–H and O–H groups in total. The molecule has 1 aromatic rings. The molecule has 0 aliphatic heterocycles. The normalized spacial score (nSPS) is 15.9. The van der Waals surface area contributed by atoms with Crippen molar-refractivity contribution < 1.29 is 9.18 Å². The summed E-state index contributed by atoms with van der Waals surface area (Å²) in [4.78, 5) is 11.6. The number of hydrogen-bond donors (Lipinski definition) is 2. The van der Waals surface area contributed by atoms with Crippen molar-refractivity contribution in [3.05, 3.63) is 29.6 Å². The molecule has 1 aliphatic carbocycles. The van der Waals surface area contributed by atoms with Crippen molar-refractivity contribution in [3.8, 4) is 0 Å². The lowest BCUT2D eigenvalue weighted by Gasteiger charge is -2.13. The molecule has 0 radical (unpaired) electrons. The van der Waals surface area contributed by atoms with Gasteiger partial charge in [0.1, 0.15) is 5.82 Å². The van der Waals surface area contributed by atoms with Gasteiger partial charge in [-0.05, 0) is 37.5 Å². The second-order valence-corrected chi connectivity index (χ2v) is 4.54. The molecule has 0 aromatic heterocycles. The minimum absolute atomic E-state index is 0.250. The number of hydrogen-bond acceptors (Lipinski definition) is 1. The largest absolute Gasteiger partial charge is 0.335 e. The maximum atomic E-state index is 13.3. The Morgan fingerprint density at radius 2 is 2.06 bits per heavy atom. The summed E-state index contributed by atoms with van der Waals surface area (Å²) in [6, 6.07) is 4.71. The molecule has 2 amide bonds. The first-order valence-electron chi connectivity index (χ1n) is 5.99. The molecule has 1 fully saturated rings. The highest BCUT2D eigenvalue weighted by Crippen LogP contribution is 2.18. The molecule has 0 spiro atoms. The van der Waals surface area contributed by atoms with E-state index in [-0.39, 0.29) is 17.9 Å². The van der Waals surface area contributed by atoms with Gasteiger partial charge in [-0.15, -0.1) is 0 Å². The standard InChI is InChI=1S/C13H17FN2O/c1-9-6-7-11(8-12(9)14)16-13(17)15-10-4-2-3-5-10/h6-8,10H,2-5H2,1H3,(H2,15,16,17). The molecular weight excluding hydrogens is 219 g/mol. The van der Waals surface area contributed by atoms with Gasteiger partial charge < -0.3 is 10.6 Å². The van der Waals surface area contributed by atoms with E-state index in [1.54, 1.807) is 19.1 Å². The Balaban J connectivity index is 1.90. The summed E-state index contributed by atoms with van der Waals surface area (Å²) in [5.41, 5.74) is 1.07. The Hall–Kier alpha value is -1.58. The van der Waals surface area contributed by atoms with Gasteiger partial charge in [0.2, 0.25) is 0 Å². The topological polar surface area (TPSA) is 41.1 Å². The first-order chi connectivity index (χ1) is 8.15. The van der Waals surface area contributed by atoms with Crippen molar-refractivity contribution in [1.29, 1.82) is 0 Å². The average molecular weight is 236 g/mol. The molecule has 92 valence electrons. The molecule has 3 nitrogen and oxygen atoms in total. The van der Waals surface area contributed by atoms with E-state index >= 15 is 0 Å². The zero-order valence-corrected chi connectivity index (χ0v) is 9.92. The van der Waals surface area contributed by atoms with Crippen molar-refractivity contribution in [2.75, 3.05) is 5.32 Å². The summed E-state index contributed by atoms with van der Waals surface area (Å²) in [7, 11) is 0. The van der Waals surface area contributed by atoms with E-state index in [4.69, 9.17) is 0 Å². The molecule has 0 heterocycles. The lowest BCUT2D eigenvalue weighted by atomic mass is 10.2. The van der Waals surface area contributed by atoms with Gasteiger partial charge >= 0.3 is 6.03 Å². The van der Waals surface area contributed by atoms with E-state index in [1.165, 1.54) is 18.9 Å². The van der Waals surface area contributed by atoms with E-state index in [0.717, 1.165) is 12.8 Å². The predicted octanol–water partition coefficient (Wildman–Crippen LogP) is 3.20. The lowest BCUT2D eigenvalue weighted by Crippen LogP contribution is -2.36. The van der Waals surface area contributed by atoms with Crippen LogP contribution in [0.4, 0.5) is 14.9 Å². The Morgan fingerprint density at radius 1 is 1.35 bits per heavy atom. The summed E-state index contributed by atoms with van der Waals surface area (Å²) >= 11 is 0. The van der Waals surface area contributed by atoms with E-state index in [0.29, 0.717) is 11.3 Å². The molecule has 0 bridgehead atoms. The molecular formula is C13H17FN2O. The number of nitrogens with one attached hydrogen (secondary N) is 2. The van der Waals surface area contributed by atoms with E-state index in [2.05, 4.69) is 10.6 Å². The van der Waals surface area contributed by atoms with E-state index in [1.807, 2.05) is 0 Å². The van der Waals surface area contributed by atoms with Crippen LogP contribution in [0, 0.1) is 12.7 Å². The highest BCUT2D eigenvalue weighted by molar-refractivity contribution is 5.89. The molecule has 1 aliphatic rings. The smallest absolute Gasteiger partial charge is 0.319 e. The summed E-state index contributed by atoms with van der Waals surface area (Å²) in [6.45, 7) is 1.69. The number of halogens is 1. The van der Waals surface area contributed by atoms with Gasteiger partial charge in [-0.25, -0.2) is 9.18 Å². The number of aryl methyl sites for hydroxylation is 1. The van der Waals surface area contributed by atoms with Gasteiger partial charge in [-0.1, -0.05) is 18.9 Å². The number of urea groups is 1. The number of benzene rings is 1. The van der Waals surface area contributed by atoms with Crippen molar-refractivity contribution in [2.24, 2.45) is 0 Å². The van der Waals surface area contributed by atoms with Crippen LogP contribution in [0.15, 0.2) is 18.2 Å². The first kappa shape index (κ1) is 11.9. The molecule has 0 unspecified atom stereocenters. The zero-order valence-electron chi connectivity index (χ0n) is 9.92. The Labute approximate surface area is 100 Å². The molecule has 0 atom stereocenters. The molecule has 17 heavy (non-hydrogen) atoms. The number of carbonyl (C=O) groups is 1. The second kappa shape index (κ2) is 5.17. The quantitative estimate of drug-likeness (QED) is 0.813. The number of rotatable bonds is 2. The van der Waals surface area contributed by atoms with Crippen molar-refractivity contribution in [3.63, 3.8) is 0 Å². The SMILES string of the molecule is Cc1ccc(NC(=O)NC2CCCC2)cc1F. The van der Waals surface area contributed by atoms with Crippen molar-refractivity contribution >= 4 is 11.7 Å². The fourth-order valence-corrected chi connectivity index (χ4v) is 2.09. The summed E-state index contributed by atoms with van der Waals surface area (Å²) in [5, 5.41) is 5.54. The van der Waals surface area contributed by atoms with Crippen LogP contribution < -0.4 is 10.6 Å². The summed E-state index contributed by atoms with van der Waals surface area (Å²) < 4.78 is 13.3. The Morgan fingerprint density at radius 3 is 2.71 bits per heavy atom. The van der Waals surface area contributed by atoms with Gasteiger partial charge in [-0.3, -0.25) is 0 Å². The average Bonchev–Trinajstić information content (AvgIpc) is 2.76. The summed E-state index contributed by atoms with van der Waals surface area (Å²) in [6.07, 6.45) is 4.42. The summed E-state index contributed by atoms with van der Waals surface area (Å²) in [5.74, 6) is -0.302. The van der Waals surface area contributed by atoms with Gasteiger partial charge in [0.25, 0.3) is 0 Å². The Bertz CT molecular complexity index is 414. The van der Waals surface area contributed by atoms with Crippen LogP contribution in [-0.4, -0.2) is 12.1 Å². The fraction of sp³-hybridized carbons (Fsp3) is 0.462. The van der Waals surface area contributed by atoms with Crippen LogP contribution in [0.1, 0.15) is 31.2 Å². The highest BCUT2D eigenvalue weighted by atomic mass is 19.1. The molecule has 1 aromatic carbocycles. The molecule has 4 heteroatoms. The minimum Gasteiger partial charge on any atom is -0.335 e. The molecule has 1 saturated carbocycles. The predicted molar refractivity (Wildman–Crippen MR) is 65.5 cm³/mol. The van der Waals surface area contributed by atoms with Crippen LogP contribution in [-0.2, 0) is 0 Å². The minimum atomic E-state index is -0.302. The van der Waals surface area contributed by atoms with E-state index < -0.39 is 0 Å². The molecule has 0 saturated heterocycles. The van der Waals surface area contributed by atoms with Crippen LogP contribution in [0.2, 0.25) is 0 Å². The highest BCUT2D eigenvalue weighted by Gasteiger charge is 2.16.